The minimum atomic E-state index is 0.00545. The van der Waals surface area contributed by atoms with Crippen LogP contribution < -0.4 is 5.56 Å². The first-order valence-corrected chi connectivity index (χ1v) is 8.99. The summed E-state index contributed by atoms with van der Waals surface area (Å²) in [5, 5.41) is 0. The first-order valence-electron chi connectivity index (χ1n) is 8.99. The highest BCUT2D eigenvalue weighted by Crippen LogP contribution is 2.20. The van der Waals surface area contributed by atoms with Crippen LogP contribution in [-0.4, -0.2) is 38.0 Å². The highest BCUT2D eigenvalue weighted by atomic mass is 16.1. The quantitative estimate of drug-likeness (QED) is 0.736. The highest BCUT2D eigenvalue weighted by molar-refractivity contribution is 5.63. The van der Waals surface area contributed by atoms with Crippen molar-refractivity contribution >= 4 is 5.65 Å². The third kappa shape index (κ3) is 3.24. The fourth-order valence-corrected chi connectivity index (χ4v) is 3.68. The van der Waals surface area contributed by atoms with Crippen LogP contribution in [0.5, 0.6) is 0 Å². The van der Waals surface area contributed by atoms with Gasteiger partial charge in [0.2, 0.25) is 5.56 Å². The molecule has 5 nitrogen and oxygen atoms in total. The third-order valence-electron chi connectivity index (χ3n) is 5.27. The van der Waals surface area contributed by atoms with Crippen LogP contribution in [0.2, 0.25) is 0 Å². The number of hydrogen-bond acceptors (Lipinski definition) is 3. The van der Waals surface area contributed by atoms with Crippen molar-refractivity contribution in [3.8, 4) is 11.1 Å². The Morgan fingerprint density at radius 1 is 1.12 bits per heavy atom. The van der Waals surface area contributed by atoms with Crippen molar-refractivity contribution in [1.82, 2.24) is 18.9 Å². The summed E-state index contributed by atoms with van der Waals surface area (Å²) in [6, 6.07) is 8.29. The Labute approximate surface area is 147 Å². The van der Waals surface area contributed by atoms with Crippen LogP contribution in [0.3, 0.4) is 0 Å². The van der Waals surface area contributed by atoms with E-state index >= 15 is 0 Å². The lowest BCUT2D eigenvalue weighted by atomic mass is 10.1. The van der Waals surface area contributed by atoms with Gasteiger partial charge in [-0.3, -0.25) is 4.79 Å². The average molecular weight is 336 g/mol. The highest BCUT2D eigenvalue weighted by Gasteiger charge is 2.19. The standard InChI is InChI=1S/C20H24N4O/c1-15-4-3-10-23(15)11-9-18-14-24-13-17(5-7-19(24)21-18)16-6-8-20(25)22(2)12-16/h5-8,12-15H,3-4,9-11H2,1-2H3/t15-/m1/s1. The summed E-state index contributed by atoms with van der Waals surface area (Å²) in [6.07, 6.45) is 9.70. The summed E-state index contributed by atoms with van der Waals surface area (Å²) < 4.78 is 3.69. The maximum atomic E-state index is 11.6. The van der Waals surface area contributed by atoms with Crippen molar-refractivity contribution in [3.05, 3.63) is 58.9 Å². The Morgan fingerprint density at radius 3 is 2.68 bits per heavy atom. The van der Waals surface area contributed by atoms with Crippen molar-refractivity contribution in [3.63, 3.8) is 0 Å². The molecule has 0 aromatic carbocycles. The molecule has 1 aliphatic rings. The number of imidazole rings is 1. The minimum absolute atomic E-state index is 0.00545. The third-order valence-corrected chi connectivity index (χ3v) is 5.27. The van der Waals surface area contributed by atoms with Gasteiger partial charge in [0, 0.05) is 50.7 Å². The van der Waals surface area contributed by atoms with E-state index in [1.807, 2.05) is 18.3 Å². The van der Waals surface area contributed by atoms with Gasteiger partial charge in [0.25, 0.3) is 0 Å². The number of fused-ring (bicyclic) bond motifs is 1. The van der Waals surface area contributed by atoms with Crippen LogP contribution >= 0.6 is 0 Å². The second kappa shape index (κ2) is 6.48. The molecule has 0 saturated carbocycles. The molecule has 0 spiro atoms. The molecule has 0 radical (unpaired) electrons. The SMILES string of the molecule is C[C@@H]1CCCN1CCc1cn2cc(-c3ccc(=O)n(C)c3)ccc2n1. The Kier molecular flexibility index (Phi) is 4.17. The molecule has 3 aromatic heterocycles. The molecule has 4 rings (SSSR count). The summed E-state index contributed by atoms with van der Waals surface area (Å²) in [4.78, 5) is 18.9. The molecule has 0 aliphatic carbocycles. The summed E-state index contributed by atoms with van der Waals surface area (Å²) >= 11 is 0. The van der Waals surface area contributed by atoms with Crippen LogP contribution in [-0.2, 0) is 13.5 Å². The molecule has 0 N–H and O–H groups in total. The molecule has 25 heavy (non-hydrogen) atoms. The van der Waals surface area contributed by atoms with Gasteiger partial charge in [-0.25, -0.2) is 4.98 Å². The molecule has 3 aromatic rings. The van der Waals surface area contributed by atoms with E-state index in [4.69, 9.17) is 4.98 Å². The number of aromatic nitrogens is 3. The largest absolute Gasteiger partial charge is 0.318 e. The maximum Gasteiger partial charge on any atom is 0.250 e. The molecule has 4 heterocycles. The van der Waals surface area contributed by atoms with Crippen LogP contribution in [0.25, 0.3) is 16.8 Å². The van der Waals surface area contributed by atoms with E-state index in [1.165, 1.54) is 19.4 Å². The molecule has 0 amide bonds. The fourth-order valence-electron chi connectivity index (χ4n) is 3.68. The van der Waals surface area contributed by atoms with Gasteiger partial charge in [0.15, 0.2) is 0 Å². The average Bonchev–Trinajstić information content (AvgIpc) is 3.20. The number of aryl methyl sites for hydroxylation is 1. The smallest absolute Gasteiger partial charge is 0.250 e. The summed E-state index contributed by atoms with van der Waals surface area (Å²) in [7, 11) is 1.78. The van der Waals surface area contributed by atoms with Crippen LogP contribution in [0.1, 0.15) is 25.5 Å². The van der Waals surface area contributed by atoms with E-state index in [2.05, 4.69) is 34.7 Å². The van der Waals surface area contributed by atoms with Gasteiger partial charge in [-0.05, 0) is 55.6 Å². The topological polar surface area (TPSA) is 42.5 Å². The Balaban J connectivity index is 1.56. The van der Waals surface area contributed by atoms with Gasteiger partial charge in [0.1, 0.15) is 5.65 Å². The second-order valence-electron chi connectivity index (χ2n) is 7.06. The van der Waals surface area contributed by atoms with E-state index in [0.717, 1.165) is 35.4 Å². The van der Waals surface area contributed by atoms with Crippen molar-refractivity contribution in [2.45, 2.75) is 32.2 Å². The van der Waals surface area contributed by atoms with Crippen LogP contribution in [0, 0.1) is 0 Å². The number of pyridine rings is 2. The van der Waals surface area contributed by atoms with Gasteiger partial charge < -0.3 is 13.9 Å². The Morgan fingerprint density at radius 2 is 1.92 bits per heavy atom. The van der Waals surface area contributed by atoms with E-state index in [1.54, 1.807) is 17.7 Å². The molecule has 1 atom stereocenters. The number of nitrogens with zero attached hydrogens (tertiary/aromatic N) is 4. The number of rotatable bonds is 4. The first-order chi connectivity index (χ1) is 12.1. The zero-order valence-electron chi connectivity index (χ0n) is 14.9. The molecule has 1 fully saturated rings. The van der Waals surface area contributed by atoms with E-state index in [9.17, 15) is 4.79 Å². The zero-order chi connectivity index (χ0) is 17.4. The molecular weight excluding hydrogens is 312 g/mol. The van der Waals surface area contributed by atoms with Crippen molar-refractivity contribution in [2.75, 3.05) is 13.1 Å². The predicted molar refractivity (Wildman–Crippen MR) is 99.8 cm³/mol. The number of hydrogen-bond donors (Lipinski definition) is 0. The minimum Gasteiger partial charge on any atom is -0.318 e. The van der Waals surface area contributed by atoms with Gasteiger partial charge in [0.05, 0.1) is 5.69 Å². The lowest BCUT2D eigenvalue weighted by Gasteiger charge is -2.19. The normalized spacial score (nSPS) is 18.2. The Hall–Kier alpha value is -2.40. The van der Waals surface area contributed by atoms with Crippen LogP contribution in [0.4, 0.5) is 0 Å². The molecule has 1 aliphatic heterocycles. The lowest BCUT2D eigenvalue weighted by molar-refractivity contribution is 0.271. The van der Waals surface area contributed by atoms with Crippen molar-refractivity contribution in [2.24, 2.45) is 7.05 Å². The summed E-state index contributed by atoms with van der Waals surface area (Å²) in [5.41, 5.74) is 4.23. The maximum absolute atomic E-state index is 11.6. The van der Waals surface area contributed by atoms with E-state index < -0.39 is 0 Å². The van der Waals surface area contributed by atoms with Crippen LogP contribution in [0.15, 0.2) is 47.7 Å². The molecule has 5 heteroatoms. The monoisotopic (exact) mass is 336 g/mol. The summed E-state index contributed by atoms with van der Waals surface area (Å²) in [6.45, 7) is 4.61. The molecule has 0 unspecified atom stereocenters. The summed E-state index contributed by atoms with van der Waals surface area (Å²) in [5.74, 6) is 0. The van der Waals surface area contributed by atoms with Gasteiger partial charge in [-0.2, -0.15) is 0 Å². The Bertz CT molecular complexity index is 956. The zero-order valence-corrected chi connectivity index (χ0v) is 14.9. The fraction of sp³-hybridized carbons (Fsp3) is 0.400. The van der Waals surface area contributed by atoms with Gasteiger partial charge in [-0.1, -0.05) is 0 Å². The second-order valence-corrected chi connectivity index (χ2v) is 7.06. The number of likely N-dealkylation sites (tertiary alicyclic amines) is 1. The molecular formula is C20H24N4O. The molecule has 0 bridgehead atoms. The van der Waals surface area contributed by atoms with Gasteiger partial charge in [-0.15, -0.1) is 0 Å². The molecule has 130 valence electrons. The molecule has 1 saturated heterocycles. The van der Waals surface area contributed by atoms with Crippen molar-refractivity contribution < 1.29 is 0 Å². The predicted octanol–water partition coefficient (Wildman–Crippen LogP) is 2.73. The lowest BCUT2D eigenvalue weighted by Crippen LogP contribution is -2.29. The first kappa shape index (κ1) is 16.1. The van der Waals surface area contributed by atoms with Crippen molar-refractivity contribution in [1.29, 1.82) is 0 Å². The van der Waals surface area contributed by atoms with E-state index in [0.29, 0.717) is 6.04 Å². The van der Waals surface area contributed by atoms with E-state index in [-0.39, 0.29) is 5.56 Å². The van der Waals surface area contributed by atoms with Gasteiger partial charge >= 0.3 is 0 Å².